The Hall–Kier alpha value is 0.490. The third-order valence-corrected chi connectivity index (χ3v) is 5.67. The number of H-pyrrole nitrogens is 1. The molecule has 0 spiro atoms. The molecule has 1 aliphatic heterocycles. The van der Waals surface area contributed by atoms with Crippen LogP contribution in [0.4, 0.5) is 0 Å². The number of aromatic nitrogens is 4. The zero-order chi connectivity index (χ0) is 20.0. The Morgan fingerprint density at radius 3 is 2.52 bits per heavy atom. The van der Waals surface area contributed by atoms with E-state index in [1.165, 1.54) is 0 Å². The second-order valence-corrected chi connectivity index (χ2v) is 8.14. The first-order valence-corrected chi connectivity index (χ1v) is 10.1. The number of fused-ring (bicyclic) bond motifs is 1. The Labute approximate surface area is 205 Å². The molecule has 0 amide bonds. The quantitative estimate of drug-likeness (QED) is 0.226. The topological polar surface area (TPSA) is 232 Å². The van der Waals surface area contributed by atoms with Crippen molar-refractivity contribution in [2.24, 2.45) is 0 Å². The number of phosphoric ester groups is 1. The average Bonchev–Trinajstić information content (AvgIpc) is 3.07. The number of nitrogens with one attached hydrogen (secondary N) is 1. The van der Waals surface area contributed by atoms with Gasteiger partial charge in [-0.25, -0.2) is 14.3 Å². The van der Waals surface area contributed by atoms with Gasteiger partial charge in [0.1, 0.15) is 18.3 Å². The number of nitrogens with zero attached hydrogens (tertiary/aromatic N) is 3. The fraction of sp³-hybridized carbons (Fsp3) is 0.500. The van der Waals surface area contributed by atoms with Crippen molar-refractivity contribution in [2.45, 2.75) is 24.5 Å². The van der Waals surface area contributed by atoms with Gasteiger partial charge in [0.05, 0.1) is 19.3 Å². The molecule has 0 radical (unpaired) electrons. The Morgan fingerprint density at radius 2 is 1.90 bits per heavy atom. The van der Waals surface area contributed by atoms with Crippen LogP contribution in [0.25, 0.3) is 11.2 Å². The van der Waals surface area contributed by atoms with E-state index < -0.39 is 52.4 Å². The van der Waals surface area contributed by atoms with E-state index in [2.05, 4.69) is 23.8 Å². The summed E-state index contributed by atoms with van der Waals surface area (Å²) in [5.74, 6) is 0. The molecule has 2 aromatic heterocycles. The predicted molar refractivity (Wildman–Crippen MR) is 78.5 cm³/mol. The Kier molecular flexibility index (Phi) is 9.87. The maximum atomic E-state index is 11.7. The monoisotopic (exact) mass is 472 g/mol. The van der Waals surface area contributed by atoms with Crippen molar-refractivity contribution in [2.75, 3.05) is 6.61 Å². The van der Waals surface area contributed by atoms with Gasteiger partial charge in [-0.15, -0.1) is 0 Å². The SMILES string of the molecule is O=c1[nH]cnc2c1ncn2C1OC(COP(=O)([O-])OP(=O)([O-])O)C(O)C1O.[Na+].[Na+]. The van der Waals surface area contributed by atoms with Gasteiger partial charge in [-0.1, -0.05) is 0 Å². The molecule has 29 heavy (non-hydrogen) atoms. The maximum absolute atomic E-state index is 11.7. The summed E-state index contributed by atoms with van der Waals surface area (Å²) in [5, 5.41) is 20.1. The first kappa shape index (κ1) is 27.5. The van der Waals surface area contributed by atoms with Crippen molar-refractivity contribution in [3.8, 4) is 0 Å². The van der Waals surface area contributed by atoms with E-state index in [-0.39, 0.29) is 70.3 Å². The molecule has 0 bridgehead atoms. The van der Waals surface area contributed by atoms with Gasteiger partial charge in [0.25, 0.3) is 21.2 Å². The second kappa shape index (κ2) is 10.4. The normalized spacial score (nSPS) is 28.2. The van der Waals surface area contributed by atoms with Crippen LogP contribution in [0, 0.1) is 0 Å². The molecule has 3 rings (SSSR count). The van der Waals surface area contributed by atoms with Crippen molar-refractivity contribution in [1.29, 1.82) is 0 Å². The third-order valence-electron chi connectivity index (χ3n) is 3.58. The van der Waals surface area contributed by atoms with Gasteiger partial charge >= 0.3 is 59.1 Å². The van der Waals surface area contributed by atoms with Crippen molar-refractivity contribution < 1.29 is 107 Å². The molecular formula is C10H12N4Na2O11P2. The molecule has 150 valence electrons. The standard InChI is InChI=1S/C10H14N4O11P2.2Na/c15-6-4(1-23-27(21,22)25-26(18,19)20)24-10(7(6)16)14-3-13-5-8(14)11-2-12-9(5)17;;/h2-4,6-7,10,15-16H,1H2,(H,21,22)(H,11,12,17)(H2,18,19,20);;/q;2*+1/p-2. The molecule has 15 nitrogen and oxygen atoms in total. The number of phosphoric acid groups is 2. The smallest absolute Gasteiger partial charge is 0.756 e. The van der Waals surface area contributed by atoms with Crippen LogP contribution >= 0.6 is 15.6 Å². The third kappa shape index (κ3) is 6.49. The van der Waals surface area contributed by atoms with Crippen molar-refractivity contribution in [1.82, 2.24) is 19.5 Å². The van der Waals surface area contributed by atoms with Crippen molar-refractivity contribution in [3.63, 3.8) is 0 Å². The summed E-state index contributed by atoms with van der Waals surface area (Å²) in [5.41, 5.74) is -0.585. The van der Waals surface area contributed by atoms with E-state index in [1.54, 1.807) is 0 Å². The fourth-order valence-corrected chi connectivity index (χ4v) is 3.99. The minimum Gasteiger partial charge on any atom is -0.756 e. The fourth-order valence-electron chi connectivity index (χ4n) is 2.46. The van der Waals surface area contributed by atoms with Crippen molar-refractivity contribution in [3.05, 3.63) is 23.0 Å². The zero-order valence-electron chi connectivity index (χ0n) is 15.0. The van der Waals surface area contributed by atoms with Crippen LogP contribution < -0.4 is 74.5 Å². The van der Waals surface area contributed by atoms with E-state index in [1.807, 2.05) is 0 Å². The number of ether oxygens (including phenoxy) is 1. The molecule has 3 heterocycles. The molecule has 6 atom stereocenters. The van der Waals surface area contributed by atoms with E-state index in [4.69, 9.17) is 9.63 Å². The van der Waals surface area contributed by atoms with Gasteiger partial charge in [-0.2, -0.15) is 0 Å². The van der Waals surface area contributed by atoms with Gasteiger partial charge in [-0.05, 0) is 0 Å². The number of aliphatic hydroxyl groups excluding tert-OH is 2. The summed E-state index contributed by atoms with van der Waals surface area (Å²) in [6.07, 6.45) is -3.77. The van der Waals surface area contributed by atoms with Crippen LogP contribution in [-0.2, 0) is 22.7 Å². The zero-order valence-corrected chi connectivity index (χ0v) is 20.8. The molecular weight excluding hydrogens is 460 g/mol. The minimum absolute atomic E-state index is 0. The summed E-state index contributed by atoms with van der Waals surface area (Å²) in [6, 6.07) is 0. The molecule has 0 aliphatic carbocycles. The molecule has 1 aliphatic rings. The van der Waals surface area contributed by atoms with E-state index in [0.29, 0.717) is 0 Å². The summed E-state index contributed by atoms with van der Waals surface area (Å²) < 4.78 is 35.9. The van der Waals surface area contributed by atoms with Gasteiger partial charge in [0.15, 0.2) is 17.4 Å². The molecule has 1 saturated heterocycles. The Bertz CT molecular complexity index is 995. The molecule has 4 N–H and O–H groups in total. The minimum atomic E-state index is -5.62. The van der Waals surface area contributed by atoms with Crippen LogP contribution in [0.2, 0.25) is 0 Å². The van der Waals surface area contributed by atoms with E-state index >= 15 is 0 Å². The van der Waals surface area contributed by atoms with Crippen LogP contribution in [0.15, 0.2) is 17.4 Å². The van der Waals surface area contributed by atoms with E-state index in [9.17, 15) is 33.9 Å². The van der Waals surface area contributed by atoms with Crippen LogP contribution in [0.3, 0.4) is 0 Å². The first-order valence-electron chi connectivity index (χ1n) is 7.11. The number of hydrogen-bond acceptors (Lipinski definition) is 12. The van der Waals surface area contributed by atoms with Crippen LogP contribution in [0.1, 0.15) is 6.23 Å². The molecule has 0 aromatic carbocycles. The summed E-state index contributed by atoms with van der Waals surface area (Å²) in [6.45, 7) is -0.934. The molecule has 1 fully saturated rings. The largest absolute Gasteiger partial charge is 1.00 e. The van der Waals surface area contributed by atoms with Crippen LogP contribution in [0.5, 0.6) is 0 Å². The van der Waals surface area contributed by atoms with Gasteiger partial charge in [0, 0.05) is 0 Å². The summed E-state index contributed by atoms with van der Waals surface area (Å²) in [7, 11) is -11.1. The number of aromatic amines is 1. The van der Waals surface area contributed by atoms with Gasteiger partial charge < -0.3 is 39.1 Å². The van der Waals surface area contributed by atoms with Crippen LogP contribution in [-0.4, -0.2) is 59.5 Å². The summed E-state index contributed by atoms with van der Waals surface area (Å²) >= 11 is 0. The maximum Gasteiger partial charge on any atom is 1.00 e. The first-order chi connectivity index (χ1) is 12.5. The number of imidazole rings is 1. The number of aliphatic hydroxyl groups is 2. The Morgan fingerprint density at radius 1 is 1.24 bits per heavy atom. The number of hydrogen-bond donors (Lipinski definition) is 4. The molecule has 0 saturated carbocycles. The summed E-state index contributed by atoms with van der Waals surface area (Å²) in [4.78, 5) is 51.8. The number of rotatable bonds is 6. The van der Waals surface area contributed by atoms with E-state index in [0.717, 1.165) is 17.2 Å². The predicted octanol–water partition coefficient (Wildman–Crippen LogP) is -9.29. The molecule has 19 heteroatoms. The molecule has 6 unspecified atom stereocenters. The van der Waals surface area contributed by atoms with Gasteiger partial charge in [-0.3, -0.25) is 18.5 Å². The van der Waals surface area contributed by atoms with Gasteiger partial charge in [0.2, 0.25) is 0 Å². The average molecular weight is 472 g/mol. The van der Waals surface area contributed by atoms with Crippen molar-refractivity contribution >= 4 is 26.8 Å². The molecule has 2 aromatic rings. The second-order valence-electron chi connectivity index (χ2n) is 5.40. The Balaban J connectivity index is 0.00000210.